The minimum absolute atomic E-state index is 0.294. The third-order valence-corrected chi connectivity index (χ3v) is 3.77. The molecule has 2 rings (SSSR count). The summed E-state index contributed by atoms with van der Waals surface area (Å²) in [4.78, 5) is 24.9. The van der Waals surface area contributed by atoms with Gasteiger partial charge in [0.15, 0.2) is 0 Å². The largest absolute Gasteiger partial charge is 0.321 e. The van der Waals surface area contributed by atoms with Crippen LogP contribution in [0.5, 0.6) is 0 Å². The quantitative estimate of drug-likeness (QED) is 0.816. The van der Waals surface area contributed by atoms with Gasteiger partial charge >= 0.3 is 0 Å². The highest BCUT2D eigenvalue weighted by Gasteiger charge is 2.16. The first-order valence-electron chi connectivity index (χ1n) is 7.95. The smallest absolute Gasteiger partial charge is 0.272 e. The Balaban J connectivity index is 2.18. The molecule has 0 saturated heterocycles. The standard InChI is InChI=1S/C20H22N2O2/c1-4-15(3)18(22-19(23)16-8-6-5-7-9-16)20(24)21-17-12-10-14(2)11-13-17/h5-13H,4H2,1-3H3,(H,21,24)(H,22,23). The first-order chi connectivity index (χ1) is 11.5. The Kier molecular flexibility index (Phi) is 5.90. The van der Waals surface area contributed by atoms with E-state index in [2.05, 4.69) is 10.6 Å². The molecule has 0 radical (unpaired) electrons. The molecule has 0 aliphatic carbocycles. The molecule has 2 N–H and O–H groups in total. The van der Waals surface area contributed by atoms with Crippen molar-refractivity contribution in [3.8, 4) is 0 Å². The van der Waals surface area contributed by atoms with Crippen LogP contribution in [0.3, 0.4) is 0 Å². The van der Waals surface area contributed by atoms with Crippen molar-refractivity contribution in [2.24, 2.45) is 0 Å². The fourth-order valence-electron chi connectivity index (χ4n) is 2.14. The van der Waals surface area contributed by atoms with Crippen LogP contribution in [-0.2, 0) is 4.79 Å². The monoisotopic (exact) mass is 322 g/mol. The second-order valence-corrected chi connectivity index (χ2v) is 5.65. The predicted molar refractivity (Wildman–Crippen MR) is 96.7 cm³/mol. The molecule has 2 aromatic carbocycles. The minimum atomic E-state index is -0.317. The Hall–Kier alpha value is -2.88. The average molecular weight is 322 g/mol. The fraction of sp³-hybridized carbons (Fsp3) is 0.200. The van der Waals surface area contributed by atoms with Crippen LogP contribution < -0.4 is 10.6 Å². The van der Waals surface area contributed by atoms with Crippen LogP contribution in [-0.4, -0.2) is 11.8 Å². The first kappa shape index (κ1) is 17.5. The molecule has 4 heteroatoms. The van der Waals surface area contributed by atoms with Gasteiger partial charge in [-0.25, -0.2) is 0 Å². The van der Waals surface area contributed by atoms with Crippen molar-refractivity contribution in [3.05, 3.63) is 77.0 Å². The predicted octanol–water partition coefficient (Wildman–Crippen LogP) is 4.05. The summed E-state index contributed by atoms with van der Waals surface area (Å²) in [5, 5.41) is 5.57. The van der Waals surface area contributed by atoms with E-state index in [1.54, 1.807) is 24.3 Å². The summed E-state index contributed by atoms with van der Waals surface area (Å²) in [5.41, 5.74) is 3.45. The summed E-state index contributed by atoms with van der Waals surface area (Å²) in [6, 6.07) is 16.4. The molecule has 124 valence electrons. The second kappa shape index (κ2) is 8.11. The third-order valence-electron chi connectivity index (χ3n) is 3.77. The van der Waals surface area contributed by atoms with Gasteiger partial charge in [-0.1, -0.05) is 42.8 Å². The van der Waals surface area contributed by atoms with Gasteiger partial charge in [-0.3, -0.25) is 9.59 Å². The molecule has 0 atom stereocenters. The van der Waals surface area contributed by atoms with Gasteiger partial charge < -0.3 is 10.6 Å². The van der Waals surface area contributed by atoms with Crippen LogP contribution in [0.25, 0.3) is 0 Å². The number of hydrogen-bond acceptors (Lipinski definition) is 2. The Labute approximate surface area is 142 Å². The van der Waals surface area contributed by atoms with E-state index in [9.17, 15) is 9.59 Å². The Morgan fingerprint density at radius 1 is 0.958 bits per heavy atom. The lowest BCUT2D eigenvalue weighted by Gasteiger charge is -2.14. The Morgan fingerprint density at radius 3 is 2.17 bits per heavy atom. The van der Waals surface area contributed by atoms with Crippen molar-refractivity contribution in [2.45, 2.75) is 27.2 Å². The van der Waals surface area contributed by atoms with Crippen LogP contribution in [0.4, 0.5) is 5.69 Å². The molecular formula is C20H22N2O2. The normalized spacial score (nSPS) is 11.5. The van der Waals surface area contributed by atoms with Crippen LogP contribution in [0.15, 0.2) is 65.9 Å². The summed E-state index contributed by atoms with van der Waals surface area (Å²) >= 11 is 0. The molecule has 0 fully saturated rings. The fourth-order valence-corrected chi connectivity index (χ4v) is 2.14. The Bertz CT molecular complexity index is 747. The van der Waals surface area contributed by atoms with Crippen molar-refractivity contribution >= 4 is 17.5 Å². The lowest BCUT2D eigenvalue weighted by Crippen LogP contribution is -2.32. The van der Waals surface area contributed by atoms with E-state index < -0.39 is 0 Å². The molecular weight excluding hydrogens is 300 g/mol. The average Bonchev–Trinajstić information content (AvgIpc) is 2.61. The Morgan fingerprint density at radius 2 is 1.58 bits per heavy atom. The first-order valence-corrected chi connectivity index (χ1v) is 7.95. The highest BCUT2D eigenvalue weighted by atomic mass is 16.2. The number of amides is 2. The summed E-state index contributed by atoms with van der Waals surface area (Å²) in [6.07, 6.45) is 0.672. The lowest BCUT2D eigenvalue weighted by molar-refractivity contribution is -0.113. The number of hydrogen-bond donors (Lipinski definition) is 2. The van der Waals surface area contributed by atoms with E-state index in [1.165, 1.54) is 0 Å². The van der Waals surface area contributed by atoms with Crippen LogP contribution >= 0.6 is 0 Å². The number of carbonyl (C=O) groups is 2. The molecule has 0 unspecified atom stereocenters. The third kappa shape index (κ3) is 4.56. The van der Waals surface area contributed by atoms with Crippen molar-refractivity contribution in [1.29, 1.82) is 0 Å². The zero-order valence-corrected chi connectivity index (χ0v) is 14.2. The number of rotatable bonds is 5. The maximum absolute atomic E-state index is 12.6. The van der Waals surface area contributed by atoms with Crippen molar-refractivity contribution in [3.63, 3.8) is 0 Å². The molecule has 2 aromatic rings. The van der Waals surface area contributed by atoms with E-state index in [0.717, 1.165) is 11.1 Å². The SMILES string of the molecule is CCC(C)=C(NC(=O)c1ccccc1)C(=O)Nc1ccc(C)cc1. The molecule has 0 aliphatic heterocycles. The zero-order chi connectivity index (χ0) is 17.5. The molecule has 0 saturated carbocycles. The number of carbonyl (C=O) groups excluding carboxylic acids is 2. The maximum Gasteiger partial charge on any atom is 0.272 e. The summed E-state index contributed by atoms with van der Waals surface area (Å²) in [6.45, 7) is 5.77. The van der Waals surface area contributed by atoms with Crippen molar-refractivity contribution in [1.82, 2.24) is 5.32 Å². The molecule has 24 heavy (non-hydrogen) atoms. The van der Waals surface area contributed by atoms with Crippen LogP contribution in [0, 0.1) is 6.92 Å². The summed E-state index contributed by atoms with van der Waals surface area (Å²) < 4.78 is 0. The molecule has 0 heterocycles. The van der Waals surface area contributed by atoms with E-state index >= 15 is 0 Å². The van der Waals surface area contributed by atoms with Gasteiger partial charge in [0.05, 0.1) is 0 Å². The van der Waals surface area contributed by atoms with Gasteiger partial charge in [0.25, 0.3) is 11.8 Å². The molecule has 0 aliphatic rings. The van der Waals surface area contributed by atoms with E-state index in [4.69, 9.17) is 0 Å². The molecule has 0 spiro atoms. The number of anilines is 1. The zero-order valence-electron chi connectivity index (χ0n) is 14.2. The van der Waals surface area contributed by atoms with E-state index in [1.807, 2.05) is 51.1 Å². The number of allylic oxidation sites excluding steroid dienone is 1. The maximum atomic E-state index is 12.6. The van der Waals surface area contributed by atoms with Gasteiger partial charge in [-0.2, -0.15) is 0 Å². The minimum Gasteiger partial charge on any atom is -0.321 e. The number of benzene rings is 2. The van der Waals surface area contributed by atoms with E-state index in [0.29, 0.717) is 23.4 Å². The van der Waals surface area contributed by atoms with Crippen molar-refractivity contribution < 1.29 is 9.59 Å². The van der Waals surface area contributed by atoms with Crippen LogP contribution in [0.1, 0.15) is 36.2 Å². The topological polar surface area (TPSA) is 58.2 Å². The molecule has 4 nitrogen and oxygen atoms in total. The van der Waals surface area contributed by atoms with Gasteiger partial charge in [0.2, 0.25) is 0 Å². The molecule has 0 bridgehead atoms. The van der Waals surface area contributed by atoms with Crippen LogP contribution in [0.2, 0.25) is 0 Å². The lowest BCUT2D eigenvalue weighted by atomic mass is 10.1. The highest BCUT2D eigenvalue weighted by Crippen LogP contribution is 2.13. The highest BCUT2D eigenvalue weighted by molar-refractivity contribution is 6.08. The van der Waals surface area contributed by atoms with Gasteiger partial charge in [-0.05, 0) is 50.1 Å². The number of nitrogens with one attached hydrogen (secondary N) is 2. The summed E-state index contributed by atoms with van der Waals surface area (Å²) in [5.74, 6) is -0.611. The van der Waals surface area contributed by atoms with Crippen molar-refractivity contribution in [2.75, 3.05) is 5.32 Å². The molecule has 0 aromatic heterocycles. The van der Waals surface area contributed by atoms with Gasteiger partial charge in [-0.15, -0.1) is 0 Å². The summed E-state index contributed by atoms with van der Waals surface area (Å²) in [7, 11) is 0. The second-order valence-electron chi connectivity index (χ2n) is 5.65. The van der Waals surface area contributed by atoms with Gasteiger partial charge in [0.1, 0.15) is 5.70 Å². The van der Waals surface area contributed by atoms with E-state index in [-0.39, 0.29) is 11.8 Å². The molecule has 2 amide bonds. The number of aryl methyl sites for hydroxylation is 1. The van der Waals surface area contributed by atoms with Gasteiger partial charge in [0, 0.05) is 11.3 Å².